The van der Waals surface area contributed by atoms with Gasteiger partial charge in [0.1, 0.15) is 5.82 Å². The third-order valence-corrected chi connectivity index (χ3v) is 7.09. The molecule has 2 heterocycles. The van der Waals surface area contributed by atoms with Crippen molar-refractivity contribution in [1.29, 1.82) is 0 Å². The van der Waals surface area contributed by atoms with Crippen LogP contribution in [0.25, 0.3) is 11.3 Å². The van der Waals surface area contributed by atoms with Crippen molar-refractivity contribution in [3.8, 4) is 11.3 Å². The molecule has 1 saturated carbocycles. The molecule has 27 heavy (non-hydrogen) atoms. The molecule has 144 valence electrons. The number of hydrogen-bond acceptors (Lipinski definition) is 6. The molecule has 7 heteroatoms. The molecule has 1 atom stereocenters. The molecule has 1 aliphatic carbocycles. The number of aromatic nitrogens is 2. The van der Waals surface area contributed by atoms with Crippen LogP contribution in [0.4, 0.5) is 11.8 Å². The van der Waals surface area contributed by atoms with Gasteiger partial charge in [-0.1, -0.05) is 49.6 Å². The fourth-order valence-corrected chi connectivity index (χ4v) is 5.56. The number of nitrogens with zero attached hydrogens (tertiary/aromatic N) is 2. The summed E-state index contributed by atoms with van der Waals surface area (Å²) in [6.07, 6.45) is 6.68. The van der Waals surface area contributed by atoms with Crippen molar-refractivity contribution >= 4 is 21.6 Å². The lowest BCUT2D eigenvalue weighted by Crippen LogP contribution is -2.25. The van der Waals surface area contributed by atoms with Gasteiger partial charge in [-0.15, -0.1) is 0 Å². The SMILES string of the molecule is O=S1(=O)CCC(Nc2cc(-c3ccccc3)nc(NC3CCCCC3)n2)C1. The molecule has 2 aliphatic rings. The van der Waals surface area contributed by atoms with Crippen LogP contribution in [-0.2, 0) is 9.84 Å². The van der Waals surface area contributed by atoms with E-state index in [2.05, 4.69) is 15.6 Å². The Kier molecular flexibility index (Phi) is 5.29. The van der Waals surface area contributed by atoms with Gasteiger partial charge in [0.25, 0.3) is 0 Å². The molecule has 1 aromatic carbocycles. The second-order valence-electron chi connectivity index (χ2n) is 7.55. The Morgan fingerprint density at radius 1 is 0.889 bits per heavy atom. The molecule has 0 radical (unpaired) electrons. The summed E-state index contributed by atoms with van der Waals surface area (Å²) in [5.74, 6) is 1.72. The highest BCUT2D eigenvalue weighted by molar-refractivity contribution is 7.91. The summed E-state index contributed by atoms with van der Waals surface area (Å²) >= 11 is 0. The molecule has 1 unspecified atom stereocenters. The lowest BCUT2D eigenvalue weighted by molar-refractivity contribution is 0.461. The minimum absolute atomic E-state index is 0.0870. The molecule has 0 bridgehead atoms. The number of sulfone groups is 1. The highest BCUT2D eigenvalue weighted by Gasteiger charge is 2.28. The van der Waals surface area contributed by atoms with Gasteiger partial charge < -0.3 is 10.6 Å². The Balaban J connectivity index is 1.59. The highest BCUT2D eigenvalue weighted by Crippen LogP contribution is 2.25. The van der Waals surface area contributed by atoms with Crippen LogP contribution in [0.15, 0.2) is 36.4 Å². The average Bonchev–Trinajstić information content (AvgIpc) is 3.01. The first-order valence-corrected chi connectivity index (χ1v) is 11.6. The second kappa shape index (κ2) is 7.84. The Morgan fingerprint density at radius 3 is 2.37 bits per heavy atom. The number of nitrogens with one attached hydrogen (secondary N) is 2. The van der Waals surface area contributed by atoms with E-state index in [1.165, 1.54) is 19.3 Å². The summed E-state index contributed by atoms with van der Waals surface area (Å²) in [5.41, 5.74) is 1.86. The van der Waals surface area contributed by atoms with E-state index in [-0.39, 0.29) is 17.5 Å². The lowest BCUT2D eigenvalue weighted by Gasteiger charge is -2.23. The largest absolute Gasteiger partial charge is 0.366 e. The van der Waals surface area contributed by atoms with Crippen molar-refractivity contribution in [2.75, 3.05) is 22.1 Å². The first-order valence-electron chi connectivity index (χ1n) is 9.75. The van der Waals surface area contributed by atoms with Gasteiger partial charge in [-0.2, -0.15) is 4.98 Å². The Labute approximate surface area is 160 Å². The second-order valence-corrected chi connectivity index (χ2v) is 9.78. The van der Waals surface area contributed by atoms with Gasteiger partial charge in [0, 0.05) is 23.7 Å². The minimum Gasteiger partial charge on any atom is -0.366 e. The number of rotatable bonds is 5. The highest BCUT2D eigenvalue weighted by atomic mass is 32.2. The van der Waals surface area contributed by atoms with E-state index in [4.69, 9.17) is 4.98 Å². The Bertz CT molecular complexity index is 880. The van der Waals surface area contributed by atoms with Crippen molar-refractivity contribution < 1.29 is 8.42 Å². The molecule has 1 aliphatic heterocycles. The zero-order valence-corrected chi connectivity index (χ0v) is 16.2. The lowest BCUT2D eigenvalue weighted by atomic mass is 9.96. The van der Waals surface area contributed by atoms with Gasteiger partial charge in [-0.05, 0) is 19.3 Å². The topological polar surface area (TPSA) is 84.0 Å². The molecule has 2 aromatic rings. The van der Waals surface area contributed by atoms with Gasteiger partial charge in [0.05, 0.1) is 17.2 Å². The molecule has 2 N–H and O–H groups in total. The molecule has 0 amide bonds. The van der Waals surface area contributed by atoms with E-state index in [1.807, 2.05) is 36.4 Å². The molecule has 1 aromatic heterocycles. The third kappa shape index (κ3) is 4.77. The molecule has 1 saturated heterocycles. The molecular formula is C20H26N4O2S. The first kappa shape index (κ1) is 18.2. The molecule has 0 spiro atoms. The van der Waals surface area contributed by atoms with Crippen LogP contribution >= 0.6 is 0 Å². The van der Waals surface area contributed by atoms with E-state index in [0.29, 0.717) is 24.2 Å². The monoisotopic (exact) mass is 386 g/mol. The van der Waals surface area contributed by atoms with Crippen LogP contribution in [0, 0.1) is 0 Å². The van der Waals surface area contributed by atoms with Crippen molar-refractivity contribution in [2.45, 2.75) is 50.6 Å². The molecular weight excluding hydrogens is 360 g/mol. The quantitative estimate of drug-likeness (QED) is 0.818. The van der Waals surface area contributed by atoms with Crippen LogP contribution in [-0.4, -0.2) is 42.0 Å². The standard InChI is InChI=1S/C20H26N4O2S/c25-27(26)12-11-17(14-27)21-19-13-18(15-7-3-1-4-8-15)23-20(24-19)22-16-9-5-2-6-10-16/h1,3-4,7-8,13,16-17H,2,5-6,9-12,14H2,(H2,21,22,23,24). The number of anilines is 2. The summed E-state index contributed by atoms with van der Waals surface area (Å²) in [6, 6.07) is 12.2. The van der Waals surface area contributed by atoms with Gasteiger partial charge in [0.15, 0.2) is 9.84 Å². The Hall–Kier alpha value is -2.15. The zero-order valence-electron chi connectivity index (χ0n) is 15.4. The van der Waals surface area contributed by atoms with Crippen molar-refractivity contribution in [2.24, 2.45) is 0 Å². The van der Waals surface area contributed by atoms with Crippen molar-refractivity contribution in [3.63, 3.8) is 0 Å². The fourth-order valence-electron chi connectivity index (χ4n) is 3.89. The summed E-state index contributed by atoms with van der Waals surface area (Å²) in [7, 11) is -2.93. The van der Waals surface area contributed by atoms with Crippen molar-refractivity contribution in [3.05, 3.63) is 36.4 Å². The van der Waals surface area contributed by atoms with Gasteiger partial charge in [-0.25, -0.2) is 13.4 Å². The minimum atomic E-state index is -2.93. The smallest absolute Gasteiger partial charge is 0.225 e. The third-order valence-electron chi connectivity index (χ3n) is 5.32. The predicted molar refractivity (Wildman–Crippen MR) is 109 cm³/mol. The van der Waals surface area contributed by atoms with Gasteiger partial charge in [-0.3, -0.25) is 0 Å². The van der Waals surface area contributed by atoms with E-state index < -0.39 is 9.84 Å². The zero-order chi connectivity index (χ0) is 18.7. The van der Waals surface area contributed by atoms with Crippen LogP contribution < -0.4 is 10.6 Å². The summed E-state index contributed by atoms with van der Waals surface area (Å²) in [5, 5.41) is 6.81. The maximum Gasteiger partial charge on any atom is 0.225 e. The molecule has 4 rings (SSSR count). The first-order chi connectivity index (χ1) is 13.1. The number of benzene rings is 1. The summed E-state index contributed by atoms with van der Waals surface area (Å²) in [4.78, 5) is 9.36. The molecule has 2 fully saturated rings. The van der Waals surface area contributed by atoms with Gasteiger partial charge >= 0.3 is 0 Å². The normalized spacial score (nSPS) is 22.4. The van der Waals surface area contributed by atoms with Crippen LogP contribution in [0.5, 0.6) is 0 Å². The predicted octanol–water partition coefficient (Wildman–Crippen LogP) is 3.49. The maximum atomic E-state index is 11.8. The van der Waals surface area contributed by atoms with Crippen LogP contribution in [0.3, 0.4) is 0 Å². The summed E-state index contributed by atoms with van der Waals surface area (Å²) < 4.78 is 23.5. The Morgan fingerprint density at radius 2 is 1.67 bits per heavy atom. The number of hydrogen-bond donors (Lipinski definition) is 2. The van der Waals surface area contributed by atoms with E-state index >= 15 is 0 Å². The fraction of sp³-hybridized carbons (Fsp3) is 0.500. The maximum absolute atomic E-state index is 11.8. The summed E-state index contributed by atoms with van der Waals surface area (Å²) in [6.45, 7) is 0. The van der Waals surface area contributed by atoms with E-state index in [1.54, 1.807) is 0 Å². The molecule has 6 nitrogen and oxygen atoms in total. The van der Waals surface area contributed by atoms with Crippen LogP contribution in [0.2, 0.25) is 0 Å². The van der Waals surface area contributed by atoms with Crippen molar-refractivity contribution in [1.82, 2.24) is 9.97 Å². The van der Waals surface area contributed by atoms with Crippen LogP contribution in [0.1, 0.15) is 38.5 Å². The van der Waals surface area contributed by atoms with E-state index in [0.717, 1.165) is 24.1 Å². The average molecular weight is 387 g/mol. The van der Waals surface area contributed by atoms with E-state index in [9.17, 15) is 8.42 Å². The van der Waals surface area contributed by atoms with Gasteiger partial charge in [0.2, 0.25) is 5.95 Å².